The van der Waals surface area contributed by atoms with E-state index in [2.05, 4.69) is 10.3 Å². The number of para-hydroxylation sites is 1. The predicted octanol–water partition coefficient (Wildman–Crippen LogP) is 2.74. The number of hydrogen-bond donors (Lipinski definition) is 1. The summed E-state index contributed by atoms with van der Waals surface area (Å²) in [6.07, 6.45) is 0. The smallest absolute Gasteiger partial charge is 0.334 e. The number of rotatable bonds is 4. The molecule has 9 nitrogen and oxygen atoms in total. The number of amides is 1. The van der Waals surface area contributed by atoms with Crippen LogP contribution in [0.1, 0.15) is 43.1 Å². The van der Waals surface area contributed by atoms with Crippen molar-refractivity contribution >= 4 is 37.9 Å². The molecule has 0 bridgehead atoms. The number of fused-ring (bicyclic) bond motifs is 2. The SMILES string of the molecule is Cc1nc2c(-n3c(=O)n(C(C)C)c4cc(C(=O)NC5(C)CS(=O)(=O)C5)ccc43)cccc2o1. The van der Waals surface area contributed by atoms with Gasteiger partial charge in [0.15, 0.2) is 21.3 Å². The molecule has 0 saturated carbocycles. The van der Waals surface area contributed by atoms with Crippen LogP contribution >= 0.6 is 0 Å². The third-order valence-corrected chi connectivity index (χ3v) is 8.04. The second-order valence-corrected chi connectivity index (χ2v) is 11.3. The molecule has 33 heavy (non-hydrogen) atoms. The molecular weight excluding hydrogens is 444 g/mol. The van der Waals surface area contributed by atoms with Crippen LogP contribution in [0.15, 0.2) is 45.6 Å². The molecule has 2 aromatic carbocycles. The maximum atomic E-state index is 13.5. The third kappa shape index (κ3) is 3.45. The number of nitrogens with zero attached hydrogens (tertiary/aromatic N) is 3. The summed E-state index contributed by atoms with van der Waals surface area (Å²) in [5.41, 5.74) is 2.33. The van der Waals surface area contributed by atoms with Crippen LogP contribution < -0.4 is 11.0 Å². The van der Waals surface area contributed by atoms with Crippen molar-refractivity contribution in [2.75, 3.05) is 11.5 Å². The van der Waals surface area contributed by atoms with E-state index in [0.29, 0.717) is 39.3 Å². The van der Waals surface area contributed by atoms with Crippen molar-refractivity contribution in [3.63, 3.8) is 0 Å². The monoisotopic (exact) mass is 468 g/mol. The fraction of sp³-hybridized carbons (Fsp3) is 0.348. The molecule has 0 spiro atoms. The van der Waals surface area contributed by atoms with E-state index in [9.17, 15) is 18.0 Å². The zero-order valence-corrected chi connectivity index (χ0v) is 19.6. The normalized spacial score (nSPS) is 16.9. The largest absolute Gasteiger partial charge is 0.441 e. The molecule has 1 aliphatic rings. The van der Waals surface area contributed by atoms with Crippen molar-refractivity contribution in [1.29, 1.82) is 0 Å². The van der Waals surface area contributed by atoms with Gasteiger partial charge in [-0.2, -0.15) is 0 Å². The zero-order valence-electron chi connectivity index (χ0n) is 18.7. The lowest BCUT2D eigenvalue weighted by Gasteiger charge is -2.38. The number of carbonyl (C=O) groups is 1. The van der Waals surface area contributed by atoms with Gasteiger partial charge in [0.1, 0.15) is 5.52 Å². The Morgan fingerprint density at radius 3 is 2.58 bits per heavy atom. The molecule has 2 aromatic heterocycles. The van der Waals surface area contributed by atoms with Crippen LogP contribution in [0.25, 0.3) is 27.8 Å². The highest BCUT2D eigenvalue weighted by Crippen LogP contribution is 2.28. The summed E-state index contributed by atoms with van der Waals surface area (Å²) in [6.45, 7) is 7.27. The number of oxazole rings is 1. The van der Waals surface area contributed by atoms with Gasteiger partial charge in [-0.1, -0.05) is 6.07 Å². The van der Waals surface area contributed by atoms with E-state index in [0.717, 1.165) is 0 Å². The number of aryl methyl sites for hydroxylation is 1. The van der Waals surface area contributed by atoms with Gasteiger partial charge in [-0.3, -0.25) is 13.9 Å². The molecule has 10 heteroatoms. The summed E-state index contributed by atoms with van der Waals surface area (Å²) < 4.78 is 32.0. The number of benzene rings is 2. The molecule has 1 aliphatic heterocycles. The van der Waals surface area contributed by atoms with E-state index in [1.54, 1.807) is 47.2 Å². The number of imidazole rings is 1. The van der Waals surface area contributed by atoms with Gasteiger partial charge in [-0.05, 0) is 51.1 Å². The molecule has 3 heterocycles. The Hall–Kier alpha value is -3.40. The first kappa shape index (κ1) is 21.4. The lowest BCUT2D eigenvalue weighted by atomic mass is 10.1. The summed E-state index contributed by atoms with van der Waals surface area (Å²) >= 11 is 0. The Kier molecular flexibility index (Phi) is 4.58. The molecular formula is C23H24N4O5S. The zero-order chi connectivity index (χ0) is 23.7. The average molecular weight is 469 g/mol. The lowest BCUT2D eigenvalue weighted by molar-refractivity contribution is 0.0917. The second-order valence-electron chi connectivity index (χ2n) is 9.19. The van der Waals surface area contributed by atoms with E-state index >= 15 is 0 Å². The summed E-state index contributed by atoms with van der Waals surface area (Å²) in [5, 5.41) is 2.82. The maximum Gasteiger partial charge on any atom is 0.334 e. The summed E-state index contributed by atoms with van der Waals surface area (Å²) in [4.78, 5) is 30.9. The first-order valence-electron chi connectivity index (χ1n) is 10.6. The van der Waals surface area contributed by atoms with Crippen molar-refractivity contribution < 1.29 is 17.6 Å². The Labute approximate surface area is 189 Å². The Bertz CT molecular complexity index is 1600. The van der Waals surface area contributed by atoms with Crippen LogP contribution in [-0.2, 0) is 9.84 Å². The fourth-order valence-corrected chi connectivity index (χ4v) is 6.67. The standard InChI is InChI=1S/C23H24N4O5S/c1-13(2)26-18-10-15(21(28)25-23(4)11-33(30,31)12-23)8-9-16(18)27(22(26)29)17-6-5-7-19-20(17)24-14(3)32-19/h5-10,13H,11-12H2,1-4H3,(H,25,28). The molecule has 4 aromatic rings. The fourth-order valence-electron chi connectivity index (χ4n) is 4.66. The highest BCUT2D eigenvalue weighted by Gasteiger charge is 2.45. The van der Waals surface area contributed by atoms with Crippen LogP contribution in [0.4, 0.5) is 0 Å². The molecule has 1 saturated heterocycles. The van der Waals surface area contributed by atoms with Gasteiger partial charge < -0.3 is 9.73 Å². The topological polar surface area (TPSA) is 116 Å². The Morgan fingerprint density at radius 1 is 1.18 bits per heavy atom. The Balaban J connectivity index is 1.65. The summed E-state index contributed by atoms with van der Waals surface area (Å²) in [7, 11) is -3.10. The van der Waals surface area contributed by atoms with Gasteiger partial charge in [0.05, 0.1) is 33.8 Å². The Morgan fingerprint density at radius 2 is 1.91 bits per heavy atom. The quantitative estimate of drug-likeness (QED) is 0.492. The molecule has 0 radical (unpaired) electrons. The van der Waals surface area contributed by atoms with Crippen molar-refractivity contribution in [1.82, 2.24) is 19.4 Å². The maximum absolute atomic E-state index is 13.5. The lowest BCUT2D eigenvalue weighted by Crippen LogP contribution is -2.63. The number of aromatic nitrogens is 3. The van der Waals surface area contributed by atoms with Crippen LogP contribution in [0, 0.1) is 6.92 Å². The molecule has 1 amide bonds. The van der Waals surface area contributed by atoms with Crippen molar-refractivity contribution in [3.8, 4) is 5.69 Å². The third-order valence-electron chi connectivity index (χ3n) is 5.89. The van der Waals surface area contributed by atoms with Crippen molar-refractivity contribution in [2.24, 2.45) is 0 Å². The minimum Gasteiger partial charge on any atom is -0.441 e. The van der Waals surface area contributed by atoms with Gasteiger partial charge in [-0.25, -0.2) is 18.2 Å². The van der Waals surface area contributed by atoms with Crippen molar-refractivity contribution in [2.45, 2.75) is 39.3 Å². The number of hydrogen-bond acceptors (Lipinski definition) is 6. The van der Waals surface area contributed by atoms with Gasteiger partial charge >= 0.3 is 5.69 Å². The molecule has 5 rings (SSSR count). The summed E-state index contributed by atoms with van der Waals surface area (Å²) in [6, 6.07) is 10.3. The molecule has 0 atom stereocenters. The van der Waals surface area contributed by atoms with Gasteiger partial charge in [0, 0.05) is 18.5 Å². The molecule has 0 unspecified atom stereocenters. The molecule has 0 aliphatic carbocycles. The number of sulfone groups is 1. The first-order valence-corrected chi connectivity index (χ1v) is 12.5. The van der Waals surface area contributed by atoms with E-state index in [-0.39, 0.29) is 29.1 Å². The van der Waals surface area contributed by atoms with Gasteiger partial charge in [-0.15, -0.1) is 0 Å². The molecule has 172 valence electrons. The summed E-state index contributed by atoms with van der Waals surface area (Å²) in [5.74, 6) is -0.0349. The van der Waals surface area contributed by atoms with E-state index in [1.165, 1.54) is 0 Å². The molecule has 1 N–H and O–H groups in total. The average Bonchev–Trinajstić information content (AvgIpc) is 3.21. The highest BCUT2D eigenvalue weighted by atomic mass is 32.2. The van der Waals surface area contributed by atoms with E-state index in [1.807, 2.05) is 26.0 Å². The van der Waals surface area contributed by atoms with Crippen LogP contribution in [0.2, 0.25) is 0 Å². The second kappa shape index (κ2) is 7.05. The number of carbonyl (C=O) groups excluding carboxylic acids is 1. The molecule has 1 fully saturated rings. The number of nitrogens with one attached hydrogen (secondary N) is 1. The minimum absolute atomic E-state index is 0.0812. The van der Waals surface area contributed by atoms with E-state index in [4.69, 9.17) is 4.42 Å². The van der Waals surface area contributed by atoms with Crippen LogP contribution in [0.5, 0.6) is 0 Å². The highest BCUT2D eigenvalue weighted by molar-refractivity contribution is 7.93. The van der Waals surface area contributed by atoms with Crippen molar-refractivity contribution in [3.05, 3.63) is 58.3 Å². The predicted molar refractivity (Wildman–Crippen MR) is 125 cm³/mol. The van der Waals surface area contributed by atoms with Gasteiger partial charge in [0.25, 0.3) is 5.91 Å². The van der Waals surface area contributed by atoms with Crippen LogP contribution in [0.3, 0.4) is 0 Å². The first-order chi connectivity index (χ1) is 15.5. The van der Waals surface area contributed by atoms with Crippen LogP contribution in [-0.4, -0.2) is 45.5 Å². The van der Waals surface area contributed by atoms with E-state index < -0.39 is 15.4 Å². The van der Waals surface area contributed by atoms with Gasteiger partial charge in [0.2, 0.25) is 0 Å². The minimum atomic E-state index is -3.10.